The molecule has 0 atom stereocenters. The molecule has 0 radical (unpaired) electrons. The molecule has 0 bridgehead atoms. The number of sulfonamides is 1. The molecule has 2 aromatic rings. The largest absolute Gasteiger partial charge is 0.331 e. The standard InChI is InChI=1S/C15H13Cl2N3O3S2/c1-9(21)18-11-3-5-12(6-4-11)25(22,23)20-15(24)19-14-8-10(16)2-7-13(14)17/h2-8H,1H3,(H,18,21)(H2,19,20,24). The second kappa shape index (κ2) is 8.01. The van der Waals surface area contributed by atoms with Gasteiger partial charge in [0.05, 0.1) is 15.6 Å². The van der Waals surface area contributed by atoms with E-state index in [1.807, 2.05) is 0 Å². The molecule has 1 amide bonds. The summed E-state index contributed by atoms with van der Waals surface area (Å²) in [6.07, 6.45) is 0. The molecule has 10 heteroatoms. The van der Waals surface area contributed by atoms with Gasteiger partial charge in [0, 0.05) is 17.6 Å². The fourth-order valence-corrected chi connectivity index (χ4v) is 3.53. The Bertz CT molecular complexity index is 916. The normalized spacial score (nSPS) is 10.8. The van der Waals surface area contributed by atoms with E-state index in [-0.39, 0.29) is 15.9 Å². The van der Waals surface area contributed by atoms with Crippen molar-refractivity contribution in [3.8, 4) is 0 Å². The van der Waals surface area contributed by atoms with Crippen LogP contribution in [0.15, 0.2) is 47.4 Å². The van der Waals surface area contributed by atoms with Crippen LogP contribution in [0.3, 0.4) is 0 Å². The van der Waals surface area contributed by atoms with E-state index >= 15 is 0 Å². The van der Waals surface area contributed by atoms with Crippen LogP contribution in [0.4, 0.5) is 11.4 Å². The number of anilines is 2. The Kier molecular flexibility index (Phi) is 6.23. The highest BCUT2D eigenvalue weighted by Gasteiger charge is 2.16. The number of thiocarbonyl (C=S) groups is 1. The number of hydrogen-bond donors (Lipinski definition) is 3. The van der Waals surface area contributed by atoms with Gasteiger partial charge < -0.3 is 10.6 Å². The summed E-state index contributed by atoms with van der Waals surface area (Å²) in [5.74, 6) is -0.252. The number of carbonyl (C=O) groups excluding carboxylic acids is 1. The van der Waals surface area contributed by atoms with E-state index in [4.69, 9.17) is 35.4 Å². The predicted octanol–water partition coefficient (Wildman–Crippen LogP) is 3.63. The first-order chi connectivity index (χ1) is 11.7. The quantitative estimate of drug-likeness (QED) is 0.661. The van der Waals surface area contributed by atoms with E-state index in [0.717, 1.165) is 0 Å². The molecule has 132 valence electrons. The Labute approximate surface area is 160 Å². The molecule has 6 nitrogen and oxygen atoms in total. The zero-order chi connectivity index (χ0) is 18.6. The van der Waals surface area contributed by atoms with E-state index in [9.17, 15) is 13.2 Å². The van der Waals surface area contributed by atoms with E-state index in [1.165, 1.54) is 37.3 Å². The van der Waals surface area contributed by atoms with Crippen LogP contribution >= 0.6 is 35.4 Å². The molecule has 2 aromatic carbocycles. The van der Waals surface area contributed by atoms with E-state index < -0.39 is 10.0 Å². The summed E-state index contributed by atoms with van der Waals surface area (Å²) < 4.78 is 26.9. The van der Waals surface area contributed by atoms with E-state index in [2.05, 4.69) is 15.4 Å². The maximum atomic E-state index is 12.3. The molecule has 3 N–H and O–H groups in total. The van der Waals surface area contributed by atoms with Gasteiger partial charge in [-0.1, -0.05) is 23.2 Å². The molecule has 0 unspecified atom stereocenters. The molecule has 0 spiro atoms. The molecule has 0 aliphatic carbocycles. The average Bonchev–Trinajstić information content (AvgIpc) is 2.50. The van der Waals surface area contributed by atoms with Crippen molar-refractivity contribution in [1.82, 2.24) is 4.72 Å². The van der Waals surface area contributed by atoms with Gasteiger partial charge in [0.25, 0.3) is 10.0 Å². The van der Waals surface area contributed by atoms with Crippen LogP contribution in [0, 0.1) is 0 Å². The first-order valence-corrected chi connectivity index (χ1v) is 9.48. The van der Waals surface area contributed by atoms with Gasteiger partial charge in [-0.05, 0) is 54.7 Å². The van der Waals surface area contributed by atoms with Gasteiger partial charge in [0.2, 0.25) is 5.91 Å². The Morgan fingerprint density at radius 1 is 1.04 bits per heavy atom. The van der Waals surface area contributed by atoms with Crippen LogP contribution in [-0.2, 0) is 14.8 Å². The third-order valence-corrected chi connectivity index (χ3v) is 5.15. The molecule has 0 saturated heterocycles. The minimum Gasteiger partial charge on any atom is -0.331 e. The fraction of sp³-hybridized carbons (Fsp3) is 0.0667. The van der Waals surface area contributed by atoms with Crippen LogP contribution in [0.1, 0.15) is 6.92 Å². The highest BCUT2D eigenvalue weighted by molar-refractivity contribution is 7.92. The molecular weight excluding hydrogens is 405 g/mol. The van der Waals surface area contributed by atoms with Gasteiger partial charge in [-0.2, -0.15) is 0 Å². The highest BCUT2D eigenvalue weighted by atomic mass is 35.5. The zero-order valence-corrected chi connectivity index (χ0v) is 16.0. The molecule has 0 fully saturated rings. The van der Waals surface area contributed by atoms with Crippen molar-refractivity contribution < 1.29 is 13.2 Å². The van der Waals surface area contributed by atoms with Crippen LogP contribution in [0.25, 0.3) is 0 Å². The van der Waals surface area contributed by atoms with Gasteiger partial charge in [0.15, 0.2) is 5.11 Å². The summed E-state index contributed by atoms with van der Waals surface area (Å²) in [4.78, 5) is 11.0. The second-order valence-electron chi connectivity index (χ2n) is 4.89. The number of carbonyl (C=O) groups is 1. The minimum absolute atomic E-state index is 0.0112. The lowest BCUT2D eigenvalue weighted by Crippen LogP contribution is -2.34. The first-order valence-electron chi connectivity index (χ1n) is 6.84. The Morgan fingerprint density at radius 3 is 2.28 bits per heavy atom. The van der Waals surface area contributed by atoms with Crippen molar-refractivity contribution >= 4 is 67.8 Å². The van der Waals surface area contributed by atoms with Gasteiger partial charge >= 0.3 is 0 Å². The number of halogens is 2. The van der Waals surface area contributed by atoms with Crippen LogP contribution in [0.2, 0.25) is 10.0 Å². The van der Waals surface area contributed by atoms with Gasteiger partial charge in [-0.15, -0.1) is 0 Å². The summed E-state index contributed by atoms with van der Waals surface area (Å²) in [5.41, 5.74) is 0.862. The second-order valence-corrected chi connectivity index (χ2v) is 7.82. The monoisotopic (exact) mass is 417 g/mol. The van der Waals surface area contributed by atoms with Crippen molar-refractivity contribution in [3.05, 3.63) is 52.5 Å². The summed E-state index contributed by atoms with van der Waals surface area (Å²) in [7, 11) is -3.89. The molecule has 0 saturated carbocycles. The first kappa shape index (κ1) is 19.5. The predicted molar refractivity (Wildman–Crippen MR) is 104 cm³/mol. The Hall–Kier alpha value is -1.87. The van der Waals surface area contributed by atoms with Crippen molar-refractivity contribution in [2.45, 2.75) is 11.8 Å². The van der Waals surface area contributed by atoms with E-state index in [1.54, 1.807) is 12.1 Å². The highest BCUT2D eigenvalue weighted by Crippen LogP contribution is 2.25. The summed E-state index contributed by atoms with van der Waals surface area (Å²) in [6.45, 7) is 1.36. The lowest BCUT2D eigenvalue weighted by Gasteiger charge is -2.13. The number of hydrogen-bond acceptors (Lipinski definition) is 4. The van der Waals surface area contributed by atoms with Crippen molar-refractivity contribution in [2.24, 2.45) is 0 Å². The SMILES string of the molecule is CC(=O)Nc1ccc(S(=O)(=O)NC(=S)Nc2cc(Cl)ccc2Cl)cc1. The smallest absolute Gasteiger partial charge is 0.263 e. The van der Waals surface area contributed by atoms with Gasteiger partial charge in [0.1, 0.15) is 0 Å². The number of benzene rings is 2. The summed E-state index contributed by atoms with van der Waals surface area (Å²) >= 11 is 16.9. The van der Waals surface area contributed by atoms with Gasteiger partial charge in [-0.3, -0.25) is 9.52 Å². The topological polar surface area (TPSA) is 87.3 Å². The lowest BCUT2D eigenvalue weighted by atomic mass is 10.3. The Balaban J connectivity index is 2.11. The Morgan fingerprint density at radius 2 is 1.68 bits per heavy atom. The zero-order valence-electron chi connectivity index (χ0n) is 12.8. The molecular formula is C15H13Cl2N3O3S2. The maximum Gasteiger partial charge on any atom is 0.263 e. The molecule has 0 aliphatic heterocycles. The third kappa shape index (κ3) is 5.57. The van der Waals surface area contributed by atoms with Crippen LogP contribution in [-0.4, -0.2) is 19.4 Å². The molecule has 2 rings (SSSR count). The molecule has 0 heterocycles. The molecule has 0 aromatic heterocycles. The number of amides is 1. The van der Waals surface area contributed by atoms with Crippen LogP contribution in [0.5, 0.6) is 0 Å². The van der Waals surface area contributed by atoms with Crippen LogP contribution < -0.4 is 15.4 Å². The number of nitrogens with one attached hydrogen (secondary N) is 3. The van der Waals surface area contributed by atoms with Crippen molar-refractivity contribution in [1.29, 1.82) is 0 Å². The minimum atomic E-state index is -3.89. The fourth-order valence-electron chi connectivity index (χ4n) is 1.84. The molecule has 0 aliphatic rings. The van der Waals surface area contributed by atoms with Crippen molar-refractivity contribution in [2.75, 3.05) is 10.6 Å². The maximum absolute atomic E-state index is 12.3. The number of rotatable bonds is 4. The average molecular weight is 418 g/mol. The molecule has 25 heavy (non-hydrogen) atoms. The van der Waals surface area contributed by atoms with Crippen molar-refractivity contribution in [3.63, 3.8) is 0 Å². The summed E-state index contributed by atoms with van der Waals surface area (Å²) in [5, 5.41) is 5.83. The van der Waals surface area contributed by atoms with E-state index in [0.29, 0.717) is 21.4 Å². The summed E-state index contributed by atoms with van der Waals surface area (Å²) in [6, 6.07) is 10.3. The lowest BCUT2D eigenvalue weighted by molar-refractivity contribution is -0.114. The third-order valence-electron chi connectivity index (χ3n) is 2.89. The van der Waals surface area contributed by atoms with Gasteiger partial charge in [-0.25, -0.2) is 8.42 Å².